The number of carbonyl (C=O) groups is 3. The van der Waals surface area contributed by atoms with Crippen LogP contribution in [0.2, 0.25) is 0 Å². The molecule has 0 radical (unpaired) electrons. The summed E-state index contributed by atoms with van der Waals surface area (Å²) in [5.74, 6) is -1.52. The van der Waals surface area contributed by atoms with E-state index in [0.717, 1.165) is 49.9 Å². The van der Waals surface area contributed by atoms with Crippen LogP contribution in [0.15, 0.2) is 23.0 Å². The quantitative estimate of drug-likeness (QED) is 0.387. The number of imide groups is 1. The topological polar surface area (TPSA) is 126 Å². The molecule has 3 heterocycles. The Morgan fingerprint density at radius 2 is 1.97 bits per heavy atom. The second-order valence-electron chi connectivity index (χ2n) is 8.96. The van der Waals surface area contributed by atoms with Gasteiger partial charge in [0.05, 0.1) is 11.0 Å². The van der Waals surface area contributed by atoms with E-state index in [2.05, 4.69) is 15.5 Å². The maximum Gasteiger partial charge on any atom is 0.329 e. The second kappa shape index (κ2) is 9.88. The van der Waals surface area contributed by atoms with Gasteiger partial charge in [0.2, 0.25) is 11.8 Å². The lowest BCUT2D eigenvalue weighted by Crippen LogP contribution is -2.54. The molecule has 3 N–H and O–H groups in total. The van der Waals surface area contributed by atoms with Gasteiger partial charge in [-0.25, -0.2) is 4.79 Å². The van der Waals surface area contributed by atoms with E-state index in [-0.39, 0.29) is 18.0 Å². The zero-order valence-corrected chi connectivity index (χ0v) is 18.9. The lowest BCUT2D eigenvalue weighted by Gasteiger charge is -2.31. The van der Waals surface area contributed by atoms with Crippen LogP contribution in [0.1, 0.15) is 43.7 Å². The fourth-order valence-electron chi connectivity index (χ4n) is 4.81. The highest BCUT2D eigenvalue weighted by Crippen LogP contribution is 2.24. The number of piperidine rings is 1. The lowest BCUT2D eigenvalue weighted by molar-refractivity contribution is -0.141. The first-order valence-corrected chi connectivity index (χ1v) is 11.6. The van der Waals surface area contributed by atoms with Crippen LogP contribution in [0.4, 0.5) is 0 Å². The Balaban J connectivity index is 1.35. The number of fused-ring (bicyclic) bond motifs is 1. The SMILES string of the molecule is Cn1c(=O)n(C2CCC(=O)NC2=O)c2ccc(CCCCCN3CCN[C@@H](C(=O)O)C3)cc21. The fraction of sp³-hybridized carbons (Fsp3) is 0.565. The monoisotopic (exact) mass is 457 g/mol. The Kier molecular flexibility index (Phi) is 6.94. The van der Waals surface area contributed by atoms with Crippen LogP contribution in [0.25, 0.3) is 11.0 Å². The Hall–Kier alpha value is -2.98. The van der Waals surface area contributed by atoms with Gasteiger partial charge in [-0.1, -0.05) is 12.5 Å². The molecular formula is C23H31N5O5. The van der Waals surface area contributed by atoms with Crippen LogP contribution in [-0.2, 0) is 27.9 Å². The number of carboxylic acid groups (broad SMARTS) is 1. The van der Waals surface area contributed by atoms with Gasteiger partial charge in [0.25, 0.3) is 0 Å². The number of nitrogens with zero attached hydrogens (tertiary/aromatic N) is 3. The van der Waals surface area contributed by atoms with Crippen LogP contribution in [-0.4, -0.2) is 69.1 Å². The van der Waals surface area contributed by atoms with Crippen LogP contribution < -0.4 is 16.3 Å². The Morgan fingerprint density at radius 3 is 2.73 bits per heavy atom. The van der Waals surface area contributed by atoms with Crippen molar-refractivity contribution in [1.29, 1.82) is 0 Å². The highest BCUT2D eigenvalue weighted by Gasteiger charge is 2.31. The molecule has 2 atom stereocenters. The number of carboxylic acids is 1. The first-order valence-electron chi connectivity index (χ1n) is 11.6. The normalized spacial score (nSPS) is 22.0. The highest BCUT2D eigenvalue weighted by atomic mass is 16.4. The van der Waals surface area contributed by atoms with Gasteiger partial charge in [0.1, 0.15) is 12.1 Å². The minimum Gasteiger partial charge on any atom is -0.480 e. The predicted molar refractivity (Wildman–Crippen MR) is 122 cm³/mol. The average Bonchev–Trinajstić information content (AvgIpc) is 3.04. The number of hydrogen-bond acceptors (Lipinski definition) is 6. The standard InChI is InChI=1S/C23H31N5O5/c1-26-19-13-15(5-3-2-4-11-27-12-10-24-16(14-27)22(31)32)6-7-17(19)28(23(26)33)18-8-9-20(29)25-21(18)30/h6-7,13,16,18,24H,2-5,8-12,14H2,1H3,(H,31,32)(H,25,29,30)/t16-,18?/m1/s1. The minimum atomic E-state index is -0.795. The fourth-order valence-corrected chi connectivity index (χ4v) is 4.81. The number of benzene rings is 1. The predicted octanol–water partition coefficient (Wildman–Crippen LogP) is 0.389. The summed E-state index contributed by atoms with van der Waals surface area (Å²) >= 11 is 0. The number of unbranched alkanes of at least 4 members (excludes halogenated alkanes) is 2. The number of piperazine rings is 1. The van der Waals surface area contributed by atoms with E-state index in [0.29, 0.717) is 25.0 Å². The van der Waals surface area contributed by atoms with Crippen molar-refractivity contribution in [1.82, 2.24) is 24.7 Å². The van der Waals surface area contributed by atoms with Crippen LogP contribution in [0.3, 0.4) is 0 Å². The number of amides is 2. The largest absolute Gasteiger partial charge is 0.480 e. The Morgan fingerprint density at radius 1 is 1.15 bits per heavy atom. The number of aryl methyl sites for hydroxylation is 2. The lowest BCUT2D eigenvalue weighted by atomic mass is 10.0. The van der Waals surface area contributed by atoms with Crippen molar-refractivity contribution in [3.63, 3.8) is 0 Å². The molecule has 10 nitrogen and oxygen atoms in total. The van der Waals surface area contributed by atoms with E-state index in [9.17, 15) is 19.2 Å². The summed E-state index contributed by atoms with van der Waals surface area (Å²) in [6, 6.07) is 4.74. The van der Waals surface area contributed by atoms with Gasteiger partial charge in [0.15, 0.2) is 0 Å². The zero-order chi connectivity index (χ0) is 23.5. The van der Waals surface area contributed by atoms with Gasteiger partial charge in [-0.15, -0.1) is 0 Å². The maximum atomic E-state index is 12.9. The molecule has 10 heteroatoms. The highest BCUT2D eigenvalue weighted by molar-refractivity contribution is 6.00. The summed E-state index contributed by atoms with van der Waals surface area (Å²) in [5, 5.41) is 14.5. The van der Waals surface area contributed by atoms with Crippen molar-refractivity contribution in [3.05, 3.63) is 34.2 Å². The van der Waals surface area contributed by atoms with Crippen molar-refractivity contribution < 1.29 is 19.5 Å². The van der Waals surface area contributed by atoms with Crippen molar-refractivity contribution in [2.75, 3.05) is 26.2 Å². The molecule has 1 unspecified atom stereocenters. The maximum absolute atomic E-state index is 12.9. The molecular weight excluding hydrogens is 426 g/mol. The van der Waals surface area contributed by atoms with E-state index < -0.39 is 24.0 Å². The molecule has 33 heavy (non-hydrogen) atoms. The molecule has 2 saturated heterocycles. The molecule has 2 amide bonds. The molecule has 0 bridgehead atoms. The van der Waals surface area contributed by atoms with E-state index in [1.807, 2.05) is 18.2 Å². The number of aliphatic carboxylic acids is 1. The van der Waals surface area contributed by atoms with Gasteiger partial charge in [0, 0.05) is 33.1 Å². The zero-order valence-electron chi connectivity index (χ0n) is 18.9. The van der Waals surface area contributed by atoms with Gasteiger partial charge in [-0.3, -0.25) is 33.7 Å². The van der Waals surface area contributed by atoms with Crippen LogP contribution >= 0.6 is 0 Å². The molecule has 0 aliphatic carbocycles. The van der Waals surface area contributed by atoms with E-state index in [1.54, 1.807) is 11.6 Å². The molecule has 178 valence electrons. The van der Waals surface area contributed by atoms with Gasteiger partial charge < -0.3 is 10.4 Å². The van der Waals surface area contributed by atoms with Crippen molar-refractivity contribution in [2.24, 2.45) is 7.05 Å². The first-order chi connectivity index (χ1) is 15.8. The Labute approximate surface area is 191 Å². The third-order valence-electron chi connectivity index (χ3n) is 6.67. The number of nitrogens with one attached hydrogen (secondary N) is 2. The molecule has 0 spiro atoms. The third kappa shape index (κ3) is 5.01. The molecule has 2 aromatic rings. The average molecular weight is 458 g/mol. The number of rotatable bonds is 8. The van der Waals surface area contributed by atoms with E-state index in [4.69, 9.17) is 5.11 Å². The summed E-state index contributed by atoms with van der Waals surface area (Å²) in [6.07, 6.45) is 4.48. The second-order valence-corrected chi connectivity index (χ2v) is 8.96. The smallest absolute Gasteiger partial charge is 0.329 e. The molecule has 2 aliphatic rings. The molecule has 2 fully saturated rings. The minimum absolute atomic E-state index is 0.224. The molecule has 0 saturated carbocycles. The van der Waals surface area contributed by atoms with Crippen molar-refractivity contribution in [3.8, 4) is 0 Å². The Bertz CT molecular complexity index is 1120. The van der Waals surface area contributed by atoms with E-state index in [1.165, 1.54) is 4.57 Å². The van der Waals surface area contributed by atoms with Gasteiger partial charge >= 0.3 is 11.7 Å². The molecule has 1 aromatic carbocycles. The van der Waals surface area contributed by atoms with Crippen LogP contribution in [0, 0.1) is 0 Å². The summed E-state index contributed by atoms with van der Waals surface area (Å²) in [5.41, 5.74) is 2.36. The number of imidazole rings is 1. The summed E-state index contributed by atoms with van der Waals surface area (Å²) in [6.45, 7) is 3.02. The van der Waals surface area contributed by atoms with Crippen molar-refractivity contribution in [2.45, 2.75) is 50.6 Å². The number of carbonyl (C=O) groups excluding carboxylic acids is 2. The van der Waals surface area contributed by atoms with Gasteiger partial charge in [-0.2, -0.15) is 0 Å². The summed E-state index contributed by atoms with van der Waals surface area (Å²) < 4.78 is 3.06. The number of aromatic nitrogens is 2. The summed E-state index contributed by atoms with van der Waals surface area (Å²) in [4.78, 5) is 50.0. The molecule has 2 aliphatic heterocycles. The first kappa shape index (κ1) is 23.2. The van der Waals surface area contributed by atoms with E-state index >= 15 is 0 Å². The van der Waals surface area contributed by atoms with Crippen LogP contribution in [0.5, 0.6) is 0 Å². The summed E-state index contributed by atoms with van der Waals surface area (Å²) in [7, 11) is 1.70. The number of hydrogen-bond donors (Lipinski definition) is 3. The van der Waals surface area contributed by atoms with Crippen molar-refractivity contribution >= 4 is 28.8 Å². The third-order valence-corrected chi connectivity index (χ3v) is 6.67. The molecule has 4 rings (SSSR count). The molecule has 1 aromatic heterocycles. The van der Waals surface area contributed by atoms with Gasteiger partial charge in [-0.05, 0) is 49.9 Å².